The maximum atomic E-state index is 11.4. The molecule has 5 nitrogen and oxygen atoms in total. The van der Waals surface area contributed by atoms with Crippen molar-refractivity contribution in [3.63, 3.8) is 0 Å². The van der Waals surface area contributed by atoms with Crippen LogP contribution < -0.4 is 0 Å². The van der Waals surface area contributed by atoms with Crippen LogP contribution in [0.3, 0.4) is 0 Å². The third-order valence-corrected chi connectivity index (χ3v) is 2.27. The summed E-state index contributed by atoms with van der Waals surface area (Å²) < 4.78 is 0. The standard InChI is InChI=1S/C9H6N4O/c14-9-12-11-8-5-10-6-3-1-2-4-7(6)13(8)9/h1-5,7H. The predicted molar refractivity (Wildman–Crippen MR) is 49.7 cm³/mol. The van der Waals surface area contributed by atoms with E-state index in [-0.39, 0.29) is 12.1 Å². The van der Waals surface area contributed by atoms with Crippen LogP contribution in [0.4, 0.5) is 4.79 Å². The van der Waals surface area contributed by atoms with Crippen molar-refractivity contribution in [1.29, 1.82) is 0 Å². The molecule has 5 heteroatoms. The highest BCUT2D eigenvalue weighted by Gasteiger charge is 2.35. The van der Waals surface area contributed by atoms with Gasteiger partial charge in [0.15, 0.2) is 5.82 Å². The lowest BCUT2D eigenvalue weighted by molar-refractivity contribution is 0.225. The van der Waals surface area contributed by atoms with Gasteiger partial charge < -0.3 is 0 Å². The van der Waals surface area contributed by atoms with E-state index in [1.165, 1.54) is 4.90 Å². The highest BCUT2D eigenvalue weighted by molar-refractivity contribution is 6.05. The molecule has 68 valence electrons. The monoisotopic (exact) mass is 186 g/mol. The van der Waals surface area contributed by atoms with Crippen LogP contribution in [0.5, 0.6) is 0 Å². The Morgan fingerprint density at radius 2 is 2.21 bits per heavy atom. The number of carbonyl (C=O) groups excluding carboxylic acids is 1. The maximum Gasteiger partial charge on any atom is 0.368 e. The molecular formula is C9H6N4O. The molecule has 2 aliphatic heterocycles. The average molecular weight is 186 g/mol. The van der Waals surface area contributed by atoms with Gasteiger partial charge in [-0.15, -0.1) is 5.11 Å². The van der Waals surface area contributed by atoms with Gasteiger partial charge in [-0.25, -0.2) is 4.79 Å². The van der Waals surface area contributed by atoms with E-state index in [0.717, 1.165) is 5.71 Å². The lowest BCUT2D eigenvalue weighted by Gasteiger charge is -2.27. The summed E-state index contributed by atoms with van der Waals surface area (Å²) in [6.07, 6.45) is 9.12. The zero-order valence-corrected chi connectivity index (χ0v) is 7.16. The number of rotatable bonds is 0. The molecule has 0 radical (unpaired) electrons. The van der Waals surface area contributed by atoms with Crippen molar-refractivity contribution in [2.45, 2.75) is 6.04 Å². The number of urea groups is 1. The van der Waals surface area contributed by atoms with Gasteiger partial charge in [-0.05, 0) is 6.08 Å². The van der Waals surface area contributed by atoms with Gasteiger partial charge in [0, 0.05) is 0 Å². The lowest BCUT2D eigenvalue weighted by atomic mass is 10.0. The molecule has 14 heavy (non-hydrogen) atoms. The van der Waals surface area contributed by atoms with Gasteiger partial charge in [0.2, 0.25) is 0 Å². The summed E-state index contributed by atoms with van der Waals surface area (Å²) in [5.74, 6) is 0.517. The Morgan fingerprint density at radius 1 is 1.29 bits per heavy atom. The number of hydrogen-bond acceptors (Lipinski definition) is 3. The van der Waals surface area contributed by atoms with Crippen LogP contribution in [0.15, 0.2) is 51.5 Å². The second kappa shape index (κ2) is 2.47. The summed E-state index contributed by atoms with van der Waals surface area (Å²) in [6, 6.07) is -0.462. The largest absolute Gasteiger partial charge is 0.368 e. The lowest BCUT2D eigenvalue weighted by Crippen LogP contribution is -2.41. The SMILES string of the molecule is O=C1N=NC2=CN=C3C=CC=CC3N12. The van der Waals surface area contributed by atoms with E-state index < -0.39 is 0 Å². The van der Waals surface area contributed by atoms with Crippen molar-refractivity contribution in [3.05, 3.63) is 36.3 Å². The molecule has 1 unspecified atom stereocenters. The van der Waals surface area contributed by atoms with Gasteiger partial charge in [-0.2, -0.15) is 0 Å². The van der Waals surface area contributed by atoms with Crippen LogP contribution in [0.1, 0.15) is 0 Å². The van der Waals surface area contributed by atoms with Gasteiger partial charge >= 0.3 is 6.03 Å². The zero-order chi connectivity index (χ0) is 9.54. The number of aliphatic imine (C=N–C) groups is 1. The quantitative estimate of drug-likeness (QED) is 0.567. The van der Waals surface area contributed by atoms with E-state index >= 15 is 0 Å². The molecule has 2 heterocycles. The molecule has 1 atom stereocenters. The fourth-order valence-corrected chi connectivity index (χ4v) is 1.63. The van der Waals surface area contributed by atoms with Crippen LogP contribution >= 0.6 is 0 Å². The fraction of sp³-hybridized carbons (Fsp3) is 0.111. The smallest absolute Gasteiger partial charge is 0.260 e. The molecule has 0 saturated heterocycles. The summed E-state index contributed by atoms with van der Waals surface area (Å²) in [5.41, 5.74) is 0.844. The van der Waals surface area contributed by atoms with E-state index in [0.29, 0.717) is 5.82 Å². The molecule has 0 aromatic carbocycles. The van der Waals surface area contributed by atoms with Crippen LogP contribution in [-0.4, -0.2) is 22.7 Å². The van der Waals surface area contributed by atoms with E-state index in [1.54, 1.807) is 6.20 Å². The fourth-order valence-electron chi connectivity index (χ4n) is 1.63. The summed E-state index contributed by atoms with van der Waals surface area (Å²) in [5, 5.41) is 7.21. The first-order chi connectivity index (χ1) is 6.86. The van der Waals surface area contributed by atoms with Crippen molar-refractivity contribution in [2.75, 3.05) is 0 Å². The number of amides is 2. The Balaban J connectivity index is 2.11. The summed E-state index contributed by atoms with van der Waals surface area (Å²) in [4.78, 5) is 17.1. The van der Waals surface area contributed by atoms with Gasteiger partial charge in [-0.3, -0.25) is 9.89 Å². The Hall–Kier alpha value is -2.04. The number of hydrogen-bond donors (Lipinski definition) is 0. The molecular weight excluding hydrogens is 180 g/mol. The number of carbonyl (C=O) groups is 1. The predicted octanol–water partition coefficient (Wildman–Crippen LogP) is 1.62. The van der Waals surface area contributed by atoms with Crippen LogP contribution in [0.25, 0.3) is 0 Å². The maximum absolute atomic E-state index is 11.4. The Bertz CT molecular complexity index is 445. The number of azo groups is 1. The number of allylic oxidation sites excluding steroid dienone is 2. The molecule has 3 aliphatic rings. The molecule has 0 bridgehead atoms. The normalized spacial score (nSPS) is 27.3. The van der Waals surface area contributed by atoms with Gasteiger partial charge in [0.1, 0.15) is 6.04 Å². The molecule has 2 amide bonds. The van der Waals surface area contributed by atoms with E-state index in [9.17, 15) is 4.79 Å². The van der Waals surface area contributed by atoms with E-state index in [1.807, 2.05) is 24.3 Å². The van der Waals surface area contributed by atoms with E-state index in [4.69, 9.17) is 0 Å². The first kappa shape index (κ1) is 7.37. The van der Waals surface area contributed by atoms with E-state index in [2.05, 4.69) is 15.2 Å². The molecule has 1 aliphatic carbocycles. The van der Waals surface area contributed by atoms with Crippen LogP contribution in [-0.2, 0) is 0 Å². The summed E-state index contributed by atoms with van der Waals surface area (Å²) >= 11 is 0. The Morgan fingerprint density at radius 3 is 3.14 bits per heavy atom. The topological polar surface area (TPSA) is 57.4 Å². The third-order valence-electron chi connectivity index (χ3n) is 2.27. The third kappa shape index (κ3) is 0.834. The van der Waals surface area contributed by atoms with Crippen molar-refractivity contribution < 1.29 is 4.79 Å². The van der Waals surface area contributed by atoms with Gasteiger partial charge in [0.25, 0.3) is 0 Å². The van der Waals surface area contributed by atoms with Crippen molar-refractivity contribution >= 4 is 11.7 Å². The second-order valence-electron chi connectivity index (χ2n) is 3.08. The van der Waals surface area contributed by atoms with Crippen LogP contribution in [0.2, 0.25) is 0 Å². The molecule has 3 rings (SSSR count). The summed E-state index contributed by atoms with van der Waals surface area (Å²) in [7, 11) is 0. The number of fused-ring (bicyclic) bond motifs is 3. The van der Waals surface area contributed by atoms with Gasteiger partial charge in [-0.1, -0.05) is 23.3 Å². The molecule has 0 spiro atoms. The van der Waals surface area contributed by atoms with Crippen molar-refractivity contribution in [1.82, 2.24) is 4.90 Å². The molecule has 0 aromatic heterocycles. The summed E-state index contributed by atoms with van der Waals surface area (Å²) in [6.45, 7) is 0. The molecule has 0 N–H and O–H groups in total. The van der Waals surface area contributed by atoms with Crippen molar-refractivity contribution in [3.8, 4) is 0 Å². The Kier molecular flexibility index (Phi) is 1.30. The zero-order valence-electron chi connectivity index (χ0n) is 7.16. The minimum atomic E-state index is -0.325. The first-order valence-corrected chi connectivity index (χ1v) is 4.24. The highest BCUT2D eigenvalue weighted by Crippen LogP contribution is 2.26. The van der Waals surface area contributed by atoms with Crippen molar-refractivity contribution in [2.24, 2.45) is 15.2 Å². The molecule has 0 saturated carbocycles. The average Bonchev–Trinajstić information content (AvgIpc) is 2.61. The molecule has 0 aromatic rings. The highest BCUT2D eigenvalue weighted by atomic mass is 16.2. The molecule has 0 fully saturated rings. The van der Waals surface area contributed by atoms with Crippen LogP contribution in [0, 0.1) is 0 Å². The first-order valence-electron chi connectivity index (χ1n) is 4.24. The van der Waals surface area contributed by atoms with Gasteiger partial charge in [0.05, 0.1) is 11.9 Å². The second-order valence-corrected chi connectivity index (χ2v) is 3.08. The minimum absolute atomic E-state index is 0.137. The Labute approximate surface area is 79.8 Å². The minimum Gasteiger partial charge on any atom is -0.260 e. The number of nitrogens with zero attached hydrogens (tertiary/aromatic N) is 4.